The number of hydrogen-bond donors (Lipinski definition) is 0. The first-order valence-corrected chi connectivity index (χ1v) is 26.6. The van der Waals surface area contributed by atoms with Crippen LogP contribution in [0.25, 0.3) is 10.8 Å². The van der Waals surface area contributed by atoms with Crippen molar-refractivity contribution in [2.75, 3.05) is 0 Å². The van der Waals surface area contributed by atoms with E-state index >= 15 is 13.2 Å². The fourth-order valence-corrected chi connectivity index (χ4v) is 21.9. The molecule has 0 spiro atoms. The molecule has 2 aromatic carbocycles. The largest absolute Gasteiger partial charge is 0.539 e. The Balaban J connectivity index is 2.42. The molecule has 0 aromatic heterocycles. The Morgan fingerprint density at radius 1 is 0.532 bits per heavy atom. The van der Waals surface area contributed by atoms with E-state index < -0.39 is 75.9 Å². The first-order chi connectivity index (χ1) is 22.3. The van der Waals surface area contributed by atoms with Crippen molar-refractivity contribution >= 4 is 35.2 Å². The fourth-order valence-electron chi connectivity index (χ4n) is 8.29. The fraction of sp³-hybridized carbons (Fsp3) is 0.730. The first-order valence-electron chi connectivity index (χ1n) is 18.6. The number of rotatable bonds is 23. The highest BCUT2D eigenvalue weighted by atomic mass is 28.4. The molecule has 1 unspecified atom stereocenters. The Bertz CT molecular complexity index is 1240. The SMILES string of the molecule is CCC[Si](CCC)(CCC)CCCCCC[Si](CCC[Si](CC)(CC)CC)(Oc1c(F)c(F)c2cc(F)c(F)c(F)c2c1F)C(C)C. The molecule has 47 heavy (non-hydrogen) atoms. The molecule has 2 aromatic rings. The molecule has 0 aliphatic heterocycles. The summed E-state index contributed by atoms with van der Waals surface area (Å²) < 4.78 is 96.0. The molecule has 2 rings (SSSR count). The molecule has 1 atom stereocenters. The van der Waals surface area contributed by atoms with E-state index in [1.807, 2.05) is 13.8 Å². The van der Waals surface area contributed by atoms with Crippen molar-refractivity contribution in [2.24, 2.45) is 0 Å². The highest BCUT2D eigenvalue weighted by molar-refractivity contribution is 6.80. The van der Waals surface area contributed by atoms with Crippen LogP contribution in [0.5, 0.6) is 5.75 Å². The van der Waals surface area contributed by atoms with Crippen LogP contribution in [0.1, 0.15) is 107 Å². The maximum Gasteiger partial charge on any atom is 0.254 e. The van der Waals surface area contributed by atoms with Crippen LogP contribution in [0.4, 0.5) is 26.3 Å². The first kappa shape index (κ1) is 41.9. The Morgan fingerprint density at radius 3 is 1.51 bits per heavy atom. The van der Waals surface area contributed by atoms with Crippen LogP contribution in [-0.2, 0) is 0 Å². The van der Waals surface area contributed by atoms with E-state index in [9.17, 15) is 13.2 Å². The Hall–Kier alpha value is -1.27. The molecule has 0 heterocycles. The molecule has 0 saturated carbocycles. The van der Waals surface area contributed by atoms with Crippen LogP contribution in [0.15, 0.2) is 6.07 Å². The lowest BCUT2D eigenvalue weighted by Gasteiger charge is -2.37. The van der Waals surface area contributed by atoms with Crippen LogP contribution in [-0.4, -0.2) is 24.5 Å². The van der Waals surface area contributed by atoms with Gasteiger partial charge in [-0.1, -0.05) is 155 Å². The monoisotopic (exact) mass is 720 g/mol. The van der Waals surface area contributed by atoms with Crippen molar-refractivity contribution in [1.29, 1.82) is 0 Å². The quantitative estimate of drug-likeness (QED) is 0.0365. The molecular formula is C37H62F6OSi3. The third-order valence-corrected chi connectivity index (χ3v) is 28.6. The molecular weight excluding hydrogens is 659 g/mol. The topological polar surface area (TPSA) is 9.23 Å². The van der Waals surface area contributed by atoms with E-state index in [1.54, 1.807) is 0 Å². The smallest absolute Gasteiger partial charge is 0.254 e. The van der Waals surface area contributed by atoms with E-state index in [2.05, 4.69) is 41.5 Å². The number of benzene rings is 2. The molecule has 0 bridgehead atoms. The van der Waals surface area contributed by atoms with E-state index in [0.29, 0.717) is 18.2 Å². The van der Waals surface area contributed by atoms with E-state index in [4.69, 9.17) is 4.43 Å². The van der Waals surface area contributed by atoms with Crippen LogP contribution >= 0.6 is 0 Å². The Morgan fingerprint density at radius 2 is 1.02 bits per heavy atom. The van der Waals surface area contributed by atoms with Gasteiger partial charge in [-0.25, -0.2) is 22.0 Å². The maximum absolute atomic E-state index is 15.9. The standard InChI is InChI=1S/C37H62F6OSi3/c1-9-20-46(21-10-2,22-11-3)23-17-15-16-18-25-47(28(7)8,26-19-24-45(12-4,13-5)14-6)44-37-35(42)31-29(32(39)36(37)43)27-30(38)33(40)34(31)41/h27-28H,9-26H2,1-8H3. The van der Waals surface area contributed by atoms with Gasteiger partial charge in [0.05, 0.1) is 21.5 Å². The summed E-state index contributed by atoms with van der Waals surface area (Å²) in [5.41, 5.74) is -0.0606. The predicted octanol–water partition coefficient (Wildman–Crippen LogP) is 14.5. The minimum absolute atomic E-state index is 0.0606. The molecule has 1 nitrogen and oxygen atoms in total. The van der Waals surface area contributed by atoms with Gasteiger partial charge >= 0.3 is 0 Å². The molecule has 0 saturated heterocycles. The summed E-state index contributed by atoms with van der Waals surface area (Å²) in [6, 6.07) is 11.7. The average molecular weight is 721 g/mol. The van der Waals surface area contributed by atoms with Gasteiger partial charge in [0, 0.05) is 5.39 Å². The summed E-state index contributed by atoms with van der Waals surface area (Å²) >= 11 is 0. The summed E-state index contributed by atoms with van der Waals surface area (Å²) in [6.07, 6.45) is 8.71. The summed E-state index contributed by atoms with van der Waals surface area (Å²) in [7, 11) is -5.76. The molecule has 0 N–H and O–H groups in total. The van der Waals surface area contributed by atoms with Crippen LogP contribution in [0.2, 0.25) is 66.0 Å². The normalized spacial score (nSPS) is 13.9. The number of fused-ring (bicyclic) bond motifs is 1. The zero-order valence-electron chi connectivity index (χ0n) is 30.6. The molecule has 0 aliphatic carbocycles. The molecule has 0 aliphatic rings. The highest BCUT2D eigenvalue weighted by Crippen LogP contribution is 2.43. The number of halogens is 6. The van der Waals surface area contributed by atoms with Gasteiger partial charge < -0.3 is 4.43 Å². The summed E-state index contributed by atoms with van der Waals surface area (Å²) in [4.78, 5) is 0. The van der Waals surface area contributed by atoms with Gasteiger partial charge in [-0.3, -0.25) is 0 Å². The average Bonchev–Trinajstić information content (AvgIpc) is 3.04. The van der Waals surface area contributed by atoms with Crippen molar-refractivity contribution in [3.05, 3.63) is 41.0 Å². The van der Waals surface area contributed by atoms with Gasteiger partial charge in [-0.15, -0.1) is 0 Å². The van der Waals surface area contributed by atoms with Crippen LogP contribution < -0.4 is 4.43 Å². The van der Waals surface area contributed by atoms with E-state index in [-0.39, 0.29) is 5.54 Å². The van der Waals surface area contributed by atoms with E-state index in [0.717, 1.165) is 49.9 Å². The van der Waals surface area contributed by atoms with Crippen LogP contribution in [0.3, 0.4) is 0 Å². The number of hydrogen-bond acceptors (Lipinski definition) is 1. The molecule has 10 heteroatoms. The van der Waals surface area contributed by atoms with E-state index in [1.165, 1.54) is 49.9 Å². The third-order valence-electron chi connectivity index (χ3n) is 11.5. The lowest BCUT2D eigenvalue weighted by atomic mass is 10.1. The number of unbranched alkanes of at least 4 members (excludes halogenated alkanes) is 3. The van der Waals surface area contributed by atoms with Gasteiger partial charge in [-0.05, 0) is 23.7 Å². The van der Waals surface area contributed by atoms with Crippen LogP contribution in [0, 0.1) is 34.9 Å². The molecule has 0 amide bonds. The lowest BCUT2D eigenvalue weighted by molar-refractivity contribution is 0.404. The zero-order chi connectivity index (χ0) is 35.4. The summed E-state index contributed by atoms with van der Waals surface area (Å²) in [5, 5.41) is -2.09. The molecule has 0 fully saturated rings. The second-order valence-corrected chi connectivity index (χ2v) is 29.7. The van der Waals surface area contributed by atoms with Crippen molar-refractivity contribution in [1.82, 2.24) is 0 Å². The Kier molecular flexibility index (Phi) is 17.1. The minimum Gasteiger partial charge on any atom is -0.539 e. The Labute approximate surface area is 284 Å². The van der Waals surface area contributed by atoms with Crippen molar-refractivity contribution in [3.8, 4) is 5.75 Å². The zero-order valence-corrected chi connectivity index (χ0v) is 33.6. The minimum atomic E-state index is -3.01. The highest BCUT2D eigenvalue weighted by Gasteiger charge is 2.43. The van der Waals surface area contributed by atoms with Gasteiger partial charge in [0.25, 0.3) is 8.32 Å². The maximum atomic E-state index is 15.9. The van der Waals surface area contributed by atoms with Crippen molar-refractivity contribution in [2.45, 2.75) is 173 Å². The van der Waals surface area contributed by atoms with Crippen molar-refractivity contribution < 1.29 is 30.8 Å². The molecule has 0 radical (unpaired) electrons. The summed E-state index contributed by atoms with van der Waals surface area (Å²) in [6.45, 7) is 17.6. The predicted molar refractivity (Wildman–Crippen MR) is 196 cm³/mol. The molecule has 270 valence electrons. The van der Waals surface area contributed by atoms with Gasteiger partial charge in [0.15, 0.2) is 34.8 Å². The summed E-state index contributed by atoms with van der Waals surface area (Å²) in [5.74, 6) is -11.2. The second kappa shape index (κ2) is 19.2. The van der Waals surface area contributed by atoms with Gasteiger partial charge in [-0.2, -0.15) is 4.39 Å². The lowest BCUT2D eigenvalue weighted by Crippen LogP contribution is -2.46. The van der Waals surface area contributed by atoms with Crippen molar-refractivity contribution in [3.63, 3.8) is 0 Å². The third kappa shape index (κ3) is 10.1. The second-order valence-electron chi connectivity index (χ2n) is 14.6. The van der Waals surface area contributed by atoms with Gasteiger partial charge in [0.2, 0.25) is 5.82 Å². The van der Waals surface area contributed by atoms with Gasteiger partial charge in [0.1, 0.15) is 0 Å².